The maximum atomic E-state index is 13.6. The summed E-state index contributed by atoms with van der Waals surface area (Å²) in [6.45, 7) is 10.9. The van der Waals surface area contributed by atoms with Crippen LogP contribution in [0.1, 0.15) is 65.3 Å². The number of rotatable bonds is 7. The lowest BCUT2D eigenvalue weighted by molar-refractivity contribution is -0.139. The van der Waals surface area contributed by atoms with Gasteiger partial charge in [-0.3, -0.25) is 9.20 Å². The Bertz CT molecular complexity index is 1630. The molecule has 3 aromatic heterocycles. The summed E-state index contributed by atoms with van der Waals surface area (Å²) >= 11 is 1.33. The number of aromatic nitrogens is 4. The molecule has 6 rings (SSSR count). The average molecular weight is 583 g/mol. The molecule has 3 fully saturated rings. The summed E-state index contributed by atoms with van der Waals surface area (Å²) < 4.78 is 31.8. The van der Waals surface area contributed by atoms with Gasteiger partial charge in [-0.25, -0.2) is 18.1 Å². The molecule has 2 atom stereocenters. The number of imidazole rings is 1. The summed E-state index contributed by atoms with van der Waals surface area (Å²) in [4.78, 5) is 21.8. The highest BCUT2D eigenvalue weighted by atomic mass is 32.2. The number of fused-ring (bicyclic) bond motifs is 1. The molecule has 3 aliphatic rings. The van der Waals surface area contributed by atoms with Crippen molar-refractivity contribution in [2.75, 3.05) is 18.0 Å². The Morgan fingerprint density at radius 3 is 2.42 bits per heavy atom. The minimum absolute atomic E-state index is 0.0590. The summed E-state index contributed by atoms with van der Waals surface area (Å²) in [5.41, 5.74) is 0.485. The zero-order valence-electron chi connectivity index (χ0n) is 23.4. The van der Waals surface area contributed by atoms with E-state index in [0.29, 0.717) is 28.9 Å². The van der Waals surface area contributed by atoms with Gasteiger partial charge in [-0.15, -0.1) is 10.2 Å². The summed E-state index contributed by atoms with van der Waals surface area (Å²) in [5.74, 6) is 0.502. The molecule has 0 radical (unpaired) electrons. The van der Waals surface area contributed by atoms with Gasteiger partial charge >= 0.3 is 0 Å². The summed E-state index contributed by atoms with van der Waals surface area (Å²) in [5, 5.41) is 19.5. The van der Waals surface area contributed by atoms with Gasteiger partial charge in [-0.05, 0) is 52.5 Å². The predicted molar refractivity (Wildman–Crippen MR) is 151 cm³/mol. The molecule has 0 bridgehead atoms. The number of sulfonamides is 1. The van der Waals surface area contributed by atoms with Crippen LogP contribution in [0.15, 0.2) is 23.4 Å². The lowest BCUT2D eigenvalue weighted by Gasteiger charge is -2.46. The van der Waals surface area contributed by atoms with Crippen LogP contribution in [0.25, 0.3) is 16.3 Å². The third kappa shape index (κ3) is 4.55. The van der Waals surface area contributed by atoms with E-state index in [-0.39, 0.29) is 28.8 Å². The molecule has 0 spiro atoms. The van der Waals surface area contributed by atoms with Crippen molar-refractivity contribution in [1.82, 2.24) is 29.2 Å². The summed E-state index contributed by atoms with van der Waals surface area (Å²) in [6.07, 6.45) is 6.45. The second-order valence-electron chi connectivity index (χ2n) is 12.2. The number of hydrogen-bond donors (Lipinski definition) is 1. The number of amides is 1. The van der Waals surface area contributed by atoms with E-state index >= 15 is 0 Å². The minimum atomic E-state index is -3.82. The molecule has 4 heterocycles. The van der Waals surface area contributed by atoms with Crippen molar-refractivity contribution in [2.24, 2.45) is 5.92 Å². The number of pyridine rings is 1. The van der Waals surface area contributed by atoms with Gasteiger partial charge in [0.2, 0.25) is 15.9 Å². The van der Waals surface area contributed by atoms with Crippen molar-refractivity contribution < 1.29 is 13.2 Å². The third-order valence-corrected chi connectivity index (χ3v) is 11.0. The average Bonchev–Trinajstić information content (AvgIpc) is 3.72. The van der Waals surface area contributed by atoms with Crippen LogP contribution in [0, 0.1) is 17.2 Å². The van der Waals surface area contributed by atoms with E-state index in [2.05, 4.69) is 30.9 Å². The number of nitriles is 1. The zero-order valence-corrected chi connectivity index (χ0v) is 25.0. The van der Waals surface area contributed by atoms with Gasteiger partial charge in [-0.2, -0.15) is 5.26 Å². The molecule has 13 heteroatoms. The van der Waals surface area contributed by atoms with Crippen molar-refractivity contribution in [3.8, 4) is 16.9 Å². The van der Waals surface area contributed by atoms with Crippen molar-refractivity contribution >= 4 is 38.5 Å². The van der Waals surface area contributed by atoms with Gasteiger partial charge < -0.3 is 9.80 Å². The largest absolute Gasteiger partial charge is 0.366 e. The van der Waals surface area contributed by atoms with Gasteiger partial charge in [-0.1, -0.05) is 25.2 Å². The quantitative estimate of drug-likeness (QED) is 0.448. The van der Waals surface area contributed by atoms with E-state index in [0.717, 1.165) is 36.9 Å². The van der Waals surface area contributed by atoms with Crippen LogP contribution in [-0.2, 0) is 20.2 Å². The molecule has 1 N–H and O–H groups in total. The van der Waals surface area contributed by atoms with Crippen molar-refractivity contribution in [1.29, 1.82) is 5.26 Å². The first-order valence-electron chi connectivity index (χ1n) is 13.7. The van der Waals surface area contributed by atoms with Crippen LogP contribution in [0.3, 0.4) is 0 Å². The first-order chi connectivity index (χ1) is 18.9. The van der Waals surface area contributed by atoms with Gasteiger partial charge in [0.25, 0.3) is 0 Å². The Labute approximate surface area is 238 Å². The van der Waals surface area contributed by atoms with Crippen LogP contribution in [0.5, 0.6) is 0 Å². The van der Waals surface area contributed by atoms with Gasteiger partial charge in [0, 0.05) is 42.8 Å². The van der Waals surface area contributed by atoms with Crippen LogP contribution in [-0.4, -0.2) is 69.5 Å². The fourth-order valence-corrected chi connectivity index (χ4v) is 8.06. The second kappa shape index (κ2) is 9.22. The van der Waals surface area contributed by atoms with Crippen LogP contribution in [0.2, 0.25) is 0 Å². The summed E-state index contributed by atoms with van der Waals surface area (Å²) in [6, 6.07) is 3.96. The molecule has 1 aliphatic heterocycles. The Kier molecular flexibility index (Phi) is 6.25. The number of hydrogen-bond acceptors (Lipinski definition) is 9. The fourth-order valence-electron chi connectivity index (χ4n) is 5.54. The first kappa shape index (κ1) is 27.1. The van der Waals surface area contributed by atoms with Gasteiger partial charge in [0.05, 0.1) is 23.5 Å². The molecule has 212 valence electrons. The number of anilines is 1. The number of nitrogens with zero attached hydrogens (tertiary/aromatic N) is 7. The summed E-state index contributed by atoms with van der Waals surface area (Å²) in [7, 11) is -3.82. The Balaban J connectivity index is 1.44. The predicted octanol–water partition coefficient (Wildman–Crippen LogP) is 3.32. The standard InChI is InChI=1S/C27H34N8O3S2/c1-16(2)24(36)35-17(3)12-33(13-18(35)4)20-10-19(40(37,38)32-26(5)6-7-26)14-34-21(20)11-29-22(34)23-30-31-25(39-23)27(15-28)8-9-27/h10-11,14,16-18,32H,6-9,12-13H2,1-5H3/t17-,18-/m0/s1. The maximum absolute atomic E-state index is 13.6. The van der Waals surface area contributed by atoms with E-state index in [9.17, 15) is 18.5 Å². The molecule has 1 saturated heterocycles. The van der Waals surface area contributed by atoms with Gasteiger partial charge in [0.1, 0.15) is 15.3 Å². The molecule has 2 aliphatic carbocycles. The number of piperazine rings is 1. The smallest absolute Gasteiger partial charge is 0.242 e. The minimum Gasteiger partial charge on any atom is -0.366 e. The Hall–Kier alpha value is -3.08. The highest BCUT2D eigenvalue weighted by molar-refractivity contribution is 7.89. The molecule has 0 unspecified atom stereocenters. The molecular formula is C27H34N8O3S2. The van der Waals surface area contributed by atoms with Gasteiger partial charge in [0.15, 0.2) is 10.8 Å². The normalized spacial score (nSPS) is 23.4. The van der Waals surface area contributed by atoms with E-state index < -0.39 is 21.0 Å². The van der Waals surface area contributed by atoms with E-state index in [4.69, 9.17) is 0 Å². The van der Waals surface area contributed by atoms with Crippen LogP contribution in [0.4, 0.5) is 5.69 Å². The van der Waals surface area contributed by atoms with E-state index in [1.165, 1.54) is 11.3 Å². The van der Waals surface area contributed by atoms with E-state index in [1.54, 1.807) is 22.9 Å². The third-order valence-electron chi connectivity index (χ3n) is 8.28. The highest BCUT2D eigenvalue weighted by Crippen LogP contribution is 2.49. The maximum Gasteiger partial charge on any atom is 0.242 e. The molecule has 11 nitrogen and oxygen atoms in total. The molecule has 40 heavy (non-hydrogen) atoms. The molecule has 0 aromatic carbocycles. The molecule has 3 aromatic rings. The van der Waals surface area contributed by atoms with Crippen molar-refractivity contribution in [3.05, 3.63) is 23.5 Å². The second-order valence-corrected chi connectivity index (χ2v) is 14.8. The molecule has 2 saturated carbocycles. The molecular weight excluding hydrogens is 548 g/mol. The van der Waals surface area contributed by atoms with E-state index in [1.807, 2.05) is 39.5 Å². The number of nitrogens with one attached hydrogen (secondary N) is 1. The van der Waals surface area contributed by atoms with Crippen LogP contribution < -0.4 is 9.62 Å². The van der Waals surface area contributed by atoms with Crippen LogP contribution >= 0.6 is 11.3 Å². The molecule has 1 amide bonds. The number of carbonyl (C=O) groups excluding carboxylic acids is 1. The first-order valence-corrected chi connectivity index (χ1v) is 16.0. The Morgan fingerprint density at radius 2 is 1.85 bits per heavy atom. The van der Waals surface area contributed by atoms with Crippen molar-refractivity contribution in [3.63, 3.8) is 0 Å². The highest BCUT2D eigenvalue weighted by Gasteiger charge is 2.48. The zero-order chi connectivity index (χ0) is 28.6. The lowest BCUT2D eigenvalue weighted by atomic mass is 10.0. The Morgan fingerprint density at radius 1 is 1.18 bits per heavy atom. The fraction of sp³-hybridized carbons (Fsp3) is 0.593. The SMILES string of the molecule is CC(C)C(=O)N1[C@@H](C)CN(c2cc(S(=O)(=O)NC3(C)CC3)cn3c(-c4nnc(C5(C#N)CC5)s4)ncc23)C[C@@H]1C. The number of carbonyl (C=O) groups is 1. The van der Waals surface area contributed by atoms with Crippen molar-refractivity contribution in [2.45, 2.75) is 88.2 Å². The topological polar surface area (TPSA) is 137 Å². The lowest BCUT2D eigenvalue weighted by Crippen LogP contribution is -2.59. The monoisotopic (exact) mass is 582 g/mol.